The van der Waals surface area contributed by atoms with Crippen LogP contribution in [0.5, 0.6) is 0 Å². The standard InChI is InChI=1S/C16H23ClN2O3S/c1-13-7-8-14(17)12-15(13)19(23(2,21)22)11-5-6-16(20)18-9-3-4-10-18/h7-8,12H,3-6,9-11H2,1-2H3. The Bertz CT molecular complexity index is 670. The molecule has 1 aromatic carbocycles. The lowest BCUT2D eigenvalue weighted by atomic mass is 10.2. The Labute approximate surface area is 143 Å². The fourth-order valence-electron chi connectivity index (χ4n) is 2.81. The molecule has 7 heteroatoms. The van der Waals surface area contributed by atoms with E-state index in [2.05, 4.69) is 0 Å². The number of likely N-dealkylation sites (tertiary alicyclic amines) is 1. The zero-order valence-corrected chi connectivity index (χ0v) is 15.2. The Hall–Kier alpha value is -1.27. The summed E-state index contributed by atoms with van der Waals surface area (Å²) in [7, 11) is -3.42. The van der Waals surface area contributed by atoms with Gasteiger partial charge in [0.15, 0.2) is 0 Å². The molecular weight excluding hydrogens is 336 g/mol. The third-order valence-corrected chi connectivity index (χ3v) is 5.47. The molecule has 5 nitrogen and oxygen atoms in total. The monoisotopic (exact) mass is 358 g/mol. The van der Waals surface area contributed by atoms with Gasteiger partial charge >= 0.3 is 0 Å². The summed E-state index contributed by atoms with van der Waals surface area (Å²) < 4.78 is 25.6. The van der Waals surface area contributed by atoms with Crippen molar-refractivity contribution in [1.29, 1.82) is 0 Å². The molecule has 0 N–H and O–H groups in total. The highest BCUT2D eigenvalue weighted by molar-refractivity contribution is 7.92. The largest absolute Gasteiger partial charge is 0.343 e. The van der Waals surface area contributed by atoms with Crippen LogP contribution in [0.15, 0.2) is 18.2 Å². The predicted octanol–water partition coefficient (Wildman–Crippen LogP) is 2.82. The van der Waals surface area contributed by atoms with Crippen molar-refractivity contribution in [2.24, 2.45) is 0 Å². The van der Waals surface area contributed by atoms with Gasteiger partial charge < -0.3 is 4.90 Å². The van der Waals surface area contributed by atoms with Crippen LogP contribution < -0.4 is 4.31 Å². The molecule has 0 radical (unpaired) electrons. The summed E-state index contributed by atoms with van der Waals surface area (Å²) in [6, 6.07) is 5.18. The van der Waals surface area contributed by atoms with Crippen LogP contribution in [0, 0.1) is 6.92 Å². The second-order valence-electron chi connectivity index (χ2n) is 5.96. The van der Waals surface area contributed by atoms with Gasteiger partial charge in [0, 0.05) is 31.1 Å². The number of aryl methyl sites for hydroxylation is 1. The van der Waals surface area contributed by atoms with Gasteiger partial charge in [-0.15, -0.1) is 0 Å². The van der Waals surface area contributed by atoms with E-state index in [-0.39, 0.29) is 12.5 Å². The van der Waals surface area contributed by atoms with Crippen LogP contribution in [0.2, 0.25) is 5.02 Å². The fourth-order valence-corrected chi connectivity index (χ4v) is 4.00. The number of sulfonamides is 1. The van der Waals surface area contributed by atoms with E-state index in [1.807, 2.05) is 11.8 Å². The van der Waals surface area contributed by atoms with Gasteiger partial charge in [-0.25, -0.2) is 8.42 Å². The van der Waals surface area contributed by atoms with E-state index in [1.165, 1.54) is 10.6 Å². The number of carbonyl (C=O) groups is 1. The van der Waals surface area contributed by atoms with E-state index in [0.29, 0.717) is 23.6 Å². The van der Waals surface area contributed by atoms with Crippen LogP contribution in [-0.4, -0.2) is 45.1 Å². The van der Waals surface area contributed by atoms with Crippen molar-refractivity contribution in [3.8, 4) is 0 Å². The van der Waals surface area contributed by atoms with E-state index in [9.17, 15) is 13.2 Å². The topological polar surface area (TPSA) is 57.7 Å². The van der Waals surface area contributed by atoms with E-state index in [4.69, 9.17) is 11.6 Å². The van der Waals surface area contributed by atoms with Gasteiger partial charge in [0.2, 0.25) is 15.9 Å². The average molecular weight is 359 g/mol. The predicted molar refractivity (Wildman–Crippen MR) is 93.4 cm³/mol. The van der Waals surface area contributed by atoms with Crippen LogP contribution in [0.1, 0.15) is 31.2 Å². The fraction of sp³-hybridized carbons (Fsp3) is 0.562. The van der Waals surface area contributed by atoms with Crippen LogP contribution >= 0.6 is 11.6 Å². The second-order valence-corrected chi connectivity index (χ2v) is 8.30. The molecule has 0 aromatic heterocycles. The Morgan fingerprint density at radius 2 is 1.96 bits per heavy atom. The Kier molecular flexibility index (Phi) is 5.92. The maximum atomic E-state index is 12.1. The summed E-state index contributed by atoms with van der Waals surface area (Å²) in [5.41, 5.74) is 1.42. The van der Waals surface area contributed by atoms with Gasteiger partial charge in [0.1, 0.15) is 0 Å². The minimum Gasteiger partial charge on any atom is -0.343 e. The van der Waals surface area contributed by atoms with Gasteiger partial charge in [-0.2, -0.15) is 0 Å². The molecule has 2 rings (SSSR count). The third kappa shape index (κ3) is 4.85. The van der Waals surface area contributed by atoms with Crippen molar-refractivity contribution in [2.75, 3.05) is 30.2 Å². The Morgan fingerprint density at radius 1 is 1.30 bits per heavy atom. The minimum atomic E-state index is -3.42. The minimum absolute atomic E-state index is 0.110. The SMILES string of the molecule is Cc1ccc(Cl)cc1N(CCCC(=O)N1CCCC1)S(C)(=O)=O. The molecule has 1 amide bonds. The molecule has 0 atom stereocenters. The molecule has 0 aliphatic carbocycles. The quantitative estimate of drug-likeness (QED) is 0.785. The van der Waals surface area contributed by atoms with Gasteiger partial charge in [0.25, 0.3) is 0 Å². The van der Waals surface area contributed by atoms with E-state index < -0.39 is 10.0 Å². The number of carbonyl (C=O) groups excluding carboxylic acids is 1. The summed E-state index contributed by atoms with van der Waals surface area (Å²) in [4.78, 5) is 13.9. The molecule has 1 saturated heterocycles. The molecule has 1 fully saturated rings. The van der Waals surface area contributed by atoms with Crippen LogP contribution in [0.25, 0.3) is 0 Å². The van der Waals surface area contributed by atoms with Crippen molar-refractivity contribution < 1.29 is 13.2 Å². The lowest BCUT2D eigenvalue weighted by Gasteiger charge is -2.24. The van der Waals surface area contributed by atoms with E-state index >= 15 is 0 Å². The van der Waals surface area contributed by atoms with Gasteiger partial charge in [-0.05, 0) is 43.9 Å². The maximum Gasteiger partial charge on any atom is 0.232 e. The zero-order valence-electron chi connectivity index (χ0n) is 13.6. The van der Waals surface area contributed by atoms with Crippen LogP contribution in [0.3, 0.4) is 0 Å². The molecule has 0 spiro atoms. The van der Waals surface area contributed by atoms with Gasteiger partial charge in [0.05, 0.1) is 11.9 Å². The molecule has 1 aliphatic rings. The normalized spacial score (nSPS) is 15.0. The van der Waals surface area contributed by atoms with Gasteiger partial charge in [-0.1, -0.05) is 17.7 Å². The first-order valence-electron chi connectivity index (χ1n) is 7.80. The highest BCUT2D eigenvalue weighted by Crippen LogP contribution is 2.26. The molecule has 0 saturated carbocycles. The summed E-state index contributed by atoms with van der Waals surface area (Å²) in [5.74, 6) is 0.110. The lowest BCUT2D eigenvalue weighted by molar-refractivity contribution is -0.130. The molecule has 23 heavy (non-hydrogen) atoms. The molecule has 128 valence electrons. The van der Waals surface area contributed by atoms with Gasteiger partial charge in [-0.3, -0.25) is 9.10 Å². The number of hydrogen-bond acceptors (Lipinski definition) is 3. The second kappa shape index (κ2) is 7.53. The first kappa shape index (κ1) is 18.1. The number of anilines is 1. The molecule has 1 heterocycles. The zero-order chi connectivity index (χ0) is 17.0. The summed E-state index contributed by atoms with van der Waals surface area (Å²) in [6.07, 6.45) is 4.15. The maximum absolute atomic E-state index is 12.1. The Morgan fingerprint density at radius 3 is 2.57 bits per heavy atom. The van der Waals surface area contributed by atoms with Crippen LogP contribution in [-0.2, 0) is 14.8 Å². The Balaban J connectivity index is 2.05. The van der Waals surface area contributed by atoms with Crippen molar-refractivity contribution in [3.05, 3.63) is 28.8 Å². The lowest BCUT2D eigenvalue weighted by Crippen LogP contribution is -2.33. The number of benzene rings is 1. The molecular formula is C16H23ClN2O3S. The molecule has 0 unspecified atom stereocenters. The highest BCUT2D eigenvalue weighted by Gasteiger charge is 2.21. The number of nitrogens with zero attached hydrogens (tertiary/aromatic N) is 2. The first-order chi connectivity index (χ1) is 10.8. The molecule has 1 aromatic rings. The smallest absolute Gasteiger partial charge is 0.232 e. The number of halogens is 1. The van der Waals surface area contributed by atoms with Crippen LogP contribution in [0.4, 0.5) is 5.69 Å². The number of hydrogen-bond donors (Lipinski definition) is 0. The van der Waals surface area contributed by atoms with Crippen molar-refractivity contribution in [1.82, 2.24) is 4.90 Å². The first-order valence-corrected chi connectivity index (χ1v) is 10.0. The van der Waals surface area contributed by atoms with Crippen molar-refractivity contribution in [2.45, 2.75) is 32.6 Å². The van der Waals surface area contributed by atoms with E-state index in [0.717, 1.165) is 31.5 Å². The summed E-state index contributed by atoms with van der Waals surface area (Å²) in [5, 5.41) is 0.493. The van der Waals surface area contributed by atoms with Crippen molar-refractivity contribution >= 4 is 33.2 Å². The number of rotatable bonds is 6. The third-order valence-electron chi connectivity index (χ3n) is 4.05. The summed E-state index contributed by atoms with van der Waals surface area (Å²) >= 11 is 6.00. The van der Waals surface area contributed by atoms with E-state index in [1.54, 1.807) is 18.2 Å². The van der Waals surface area contributed by atoms with Crippen molar-refractivity contribution in [3.63, 3.8) is 0 Å². The summed E-state index contributed by atoms with van der Waals surface area (Å²) in [6.45, 7) is 3.77. The average Bonchev–Trinajstić information content (AvgIpc) is 2.99. The molecule has 0 bridgehead atoms. The molecule has 1 aliphatic heterocycles. The highest BCUT2D eigenvalue weighted by atomic mass is 35.5. The number of amides is 1.